The summed E-state index contributed by atoms with van der Waals surface area (Å²) in [6.45, 7) is 0. The van der Waals surface area contributed by atoms with Gasteiger partial charge in [-0.05, 0) is 56.6 Å². The molecule has 0 radical (unpaired) electrons. The summed E-state index contributed by atoms with van der Waals surface area (Å²) in [5, 5.41) is 3.35. The first-order chi connectivity index (χ1) is 23.0. The zero-order chi connectivity index (χ0) is 33.5. The minimum absolute atomic E-state index is 0.0493. The van der Waals surface area contributed by atoms with E-state index in [4.69, 9.17) is 0 Å². The number of carbonyl (C=O) groups excluding carboxylic acids is 4. The molecule has 6 nitrogen and oxygen atoms in total. The van der Waals surface area contributed by atoms with E-state index in [1.165, 1.54) is 24.3 Å². The van der Waals surface area contributed by atoms with Crippen LogP contribution in [0, 0.1) is 34.9 Å². The molecule has 0 bridgehead atoms. The summed E-state index contributed by atoms with van der Waals surface area (Å²) in [6.07, 6.45) is 0. The monoisotopic (exact) mass is 650 g/mol. The van der Waals surface area contributed by atoms with E-state index in [-0.39, 0.29) is 33.0 Å². The first-order valence-corrected chi connectivity index (χ1v) is 14.2. The number of hydrogen-bond acceptors (Lipinski definition) is 4. The van der Waals surface area contributed by atoms with Crippen LogP contribution in [0.25, 0.3) is 43.1 Å². The molecule has 7 aromatic rings. The van der Waals surface area contributed by atoms with Crippen LogP contribution in [-0.2, 0) is 0 Å². The van der Waals surface area contributed by atoms with E-state index in [2.05, 4.69) is 0 Å². The zero-order valence-electron chi connectivity index (χ0n) is 23.7. The van der Waals surface area contributed by atoms with Gasteiger partial charge in [0.15, 0.2) is 23.3 Å². The highest BCUT2D eigenvalue weighted by Crippen LogP contribution is 2.47. The van der Waals surface area contributed by atoms with Crippen LogP contribution in [0.3, 0.4) is 0 Å². The number of benzene rings is 7. The molecule has 12 heteroatoms. The van der Waals surface area contributed by atoms with Crippen molar-refractivity contribution >= 4 is 78.1 Å². The van der Waals surface area contributed by atoms with Gasteiger partial charge in [0.25, 0.3) is 23.6 Å². The molecular formula is C36H12F6N2O4. The molecule has 0 unspecified atom stereocenters. The Morgan fingerprint density at radius 1 is 0.354 bits per heavy atom. The third kappa shape index (κ3) is 3.33. The molecule has 2 heterocycles. The van der Waals surface area contributed by atoms with Crippen molar-refractivity contribution in [3.63, 3.8) is 0 Å². The average Bonchev–Trinajstić information content (AvgIpc) is 3.03. The standard InChI is InChI=1S/C36H12F6N2O4/c37-13-9-23(39)31(24(40)10-13)43-33(45)19-5-1-15-16-2-6-21-30-22(36(48)44(35(21)47)32-25(41)11-14(38)12-26(32)42)8-4-18(28(16)30)17-3-7-20(34(43)46)29(19)27(15)17/h1-12H. The number of halogens is 6. The lowest BCUT2D eigenvalue weighted by atomic mass is 9.82. The van der Waals surface area contributed by atoms with Gasteiger partial charge in [-0.15, -0.1) is 0 Å². The van der Waals surface area contributed by atoms with E-state index in [0.29, 0.717) is 66.4 Å². The Labute approximate surface area is 263 Å². The van der Waals surface area contributed by atoms with Crippen molar-refractivity contribution in [2.24, 2.45) is 0 Å². The number of amides is 4. The molecule has 0 saturated heterocycles. The van der Waals surface area contributed by atoms with Crippen molar-refractivity contribution in [3.8, 4) is 0 Å². The first kappa shape index (κ1) is 28.0. The smallest absolute Gasteiger partial charge is 0.266 e. The van der Waals surface area contributed by atoms with E-state index in [0.717, 1.165) is 0 Å². The molecule has 0 fully saturated rings. The second-order valence-corrected chi connectivity index (χ2v) is 11.5. The summed E-state index contributed by atoms with van der Waals surface area (Å²) in [6, 6.07) is 13.2. The maximum Gasteiger partial charge on any atom is 0.266 e. The van der Waals surface area contributed by atoms with Gasteiger partial charge in [-0.2, -0.15) is 0 Å². The van der Waals surface area contributed by atoms with E-state index in [1.807, 2.05) is 0 Å². The van der Waals surface area contributed by atoms with Crippen LogP contribution in [0.15, 0.2) is 72.8 Å². The Morgan fingerprint density at radius 2 is 0.604 bits per heavy atom. The minimum Gasteiger partial charge on any atom is -0.268 e. The molecule has 0 saturated carbocycles. The molecule has 0 atom stereocenters. The lowest BCUT2D eigenvalue weighted by Crippen LogP contribution is -2.41. The van der Waals surface area contributed by atoms with Crippen molar-refractivity contribution in [1.29, 1.82) is 0 Å². The van der Waals surface area contributed by atoms with Gasteiger partial charge in [0.2, 0.25) is 0 Å². The summed E-state index contributed by atoms with van der Waals surface area (Å²) < 4.78 is 86.5. The summed E-state index contributed by atoms with van der Waals surface area (Å²) in [5.74, 6) is -12.4. The van der Waals surface area contributed by atoms with E-state index in [1.54, 1.807) is 24.3 Å². The van der Waals surface area contributed by atoms with Crippen LogP contribution in [0.2, 0.25) is 0 Å². The fraction of sp³-hybridized carbons (Fsp3) is 0. The third-order valence-electron chi connectivity index (χ3n) is 9.05. The average molecular weight is 650 g/mol. The molecule has 48 heavy (non-hydrogen) atoms. The topological polar surface area (TPSA) is 74.8 Å². The molecule has 0 spiro atoms. The van der Waals surface area contributed by atoms with Gasteiger partial charge in [0.05, 0.1) is 0 Å². The Bertz CT molecular complexity index is 2390. The van der Waals surface area contributed by atoms with E-state index >= 15 is 0 Å². The zero-order valence-corrected chi connectivity index (χ0v) is 23.7. The molecule has 9 rings (SSSR count). The maximum absolute atomic E-state index is 14.8. The first-order valence-electron chi connectivity index (χ1n) is 14.2. The van der Waals surface area contributed by atoms with Crippen LogP contribution < -0.4 is 9.80 Å². The highest BCUT2D eigenvalue weighted by molar-refractivity contribution is 6.45. The predicted molar refractivity (Wildman–Crippen MR) is 163 cm³/mol. The van der Waals surface area contributed by atoms with Gasteiger partial charge in [0.1, 0.15) is 23.0 Å². The summed E-state index contributed by atoms with van der Waals surface area (Å²) >= 11 is 0. The van der Waals surface area contributed by atoms with Gasteiger partial charge in [-0.25, -0.2) is 36.1 Å². The summed E-state index contributed by atoms with van der Waals surface area (Å²) in [4.78, 5) is 55.5. The van der Waals surface area contributed by atoms with Crippen LogP contribution >= 0.6 is 0 Å². The quantitative estimate of drug-likeness (QED) is 0.0819. The number of fused-ring (bicyclic) bond motifs is 2. The number of nitrogens with zero attached hydrogens (tertiary/aromatic N) is 2. The minimum atomic E-state index is -1.44. The van der Waals surface area contributed by atoms with Crippen LogP contribution in [0.5, 0.6) is 0 Å². The van der Waals surface area contributed by atoms with Gasteiger partial charge >= 0.3 is 0 Å². The highest BCUT2D eigenvalue weighted by atomic mass is 19.2. The SMILES string of the molecule is O=C1c2ccc3c4ccc5c6c(ccc(c7ccc(c2c37)C(=O)N1c1c(F)cc(F)cc1F)c64)C(=O)N(c1c(F)cc(F)cc1F)C5=O. The molecular weight excluding hydrogens is 638 g/mol. The van der Waals surface area contributed by atoms with Gasteiger partial charge in [0, 0.05) is 57.3 Å². The lowest BCUT2D eigenvalue weighted by Gasteiger charge is -2.30. The lowest BCUT2D eigenvalue weighted by molar-refractivity contribution is 0.0875. The molecule has 0 N–H and O–H groups in total. The van der Waals surface area contributed by atoms with Crippen LogP contribution in [0.4, 0.5) is 37.7 Å². The number of imide groups is 2. The molecule has 7 aromatic carbocycles. The fourth-order valence-electron chi connectivity index (χ4n) is 7.17. The van der Waals surface area contributed by atoms with Gasteiger partial charge in [-0.1, -0.05) is 24.3 Å². The number of anilines is 2. The van der Waals surface area contributed by atoms with Crippen LogP contribution in [0.1, 0.15) is 41.4 Å². The molecule has 0 aliphatic carbocycles. The molecule has 4 amide bonds. The van der Waals surface area contributed by atoms with Crippen molar-refractivity contribution in [1.82, 2.24) is 0 Å². The largest absolute Gasteiger partial charge is 0.268 e. The van der Waals surface area contributed by atoms with Gasteiger partial charge < -0.3 is 0 Å². The molecule has 0 aromatic heterocycles. The van der Waals surface area contributed by atoms with E-state index < -0.39 is 69.9 Å². The Hall–Kier alpha value is -6.30. The molecule has 232 valence electrons. The second-order valence-electron chi connectivity index (χ2n) is 11.5. The maximum atomic E-state index is 14.8. The number of rotatable bonds is 2. The van der Waals surface area contributed by atoms with Crippen molar-refractivity contribution < 1.29 is 45.5 Å². The Morgan fingerprint density at radius 3 is 0.854 bits per heavy atom. The fourth-order valence-corrected chi connectivity index (χ4v) is 7.17. The summed E-state index contributed by atoms with van der Waals surface area (Å²) in [7, 11) is 0. The van der Waals surface area contributed by atoms with Crippen molar-refractivity contribution in [3.05, 3.63) is 130 Å². The second kappa shape index (κ2) is 9.16. The number of carbonyl (C=O) groups is 4. The highest BCUT2D eigenvalue weighted by Gasteiger charge is 2.40. The Balaban J connectivity index is 1.30. The third-order valence-corrected chi connectivity index (χ3v) is 9.05. The van der Waals surface area contributed by atoms with Crippen molar-refractivity contribution in [2.45, 2.75) is 0 Å². The molecule has 2 aliphatic heterocycles. The molecule has 2 aliphatic rings. The predicted octanol–water partition coefficient (Wildman–Crippen LogP) is 8.17. The van der Waals surface area contributed by atoms with E-state index in [9.17, 15) is 45.5 Å². The van der Waals surface area contributed by atoms with Gasteiger partial charge in [-0.3, -0.25) is 19.2 Å². The summed E-state index contributed by atoms with van der Waals surface area (Å²) in [5.41, 5.74) is -2.23. The van der Waals surface area contributed by atoms with Crippen molar-refractivity contribution in [2.75, 3.05) is 9.80 Å². The number of hydrogen-bond donors (Lipinski definition) is 0. The Kier molecular flexibility index (Phi) is 5.33. The normalized spacial score (nSPS) is 14.5. The van der Waals surface area contributed by atoms with Crippen LogP contribution in [-0.4, -0.2) is 23.6 Å².